The van der Waals surface area contributed by atoms with Crippen LogP contribution in [0.3, 0.4) is 0 Å². The number of likely N-dealkylation sites (N-methyl/N-ethyl adjacent to an activating group) is 2. The third kappa shape index (κ3) is 5.58. The smallest absolute Gasteiger partial charge is 0.239 e. The van der Waals surface area contributed by atoms with Crippen LogP contribution >= 0.6 is 23.2 Å². The molecule has 0 radical (unpaired) electrons. The Hall–Kier alpha value is -1.34. The zero-order valence-electron chi connectivity index (χ0n) is 15.5. The van der Waals surface area contributed by atoms with Gasteiger partial charge in [0.1, 0.15) is 0 Å². The quantitative estimate of drug-likeness (QED) is 0.796. The van der Waals surface area contributed by atoms with Gasteiger partial charge in [-0.3, -0.25) is 14.5 Å². The van der Waals surface area contributed by atoms with E-state index in [4.69, 9.17) is 23.2 Å². The molecule has 0 unspecified atom stereocenters. The van der Waals surface area contributed by atoms with Gasteiger partial charge in [-0.1, -0.05) is 30.1 Å². The van der Waals surface area contributed by atoms with E-state index in [9.17, 15) is 9.59 Å². The van der Waals surface area contributed by atoms with Crippen molar-refractivity contribution in [2.24, 2.45) is 0 Å². The van der Waals surface area contributed by atoms with E-state index in [1.165, 1.54) is 0 Å². The van der Waals surface area contributed by atoms with Crippen molar-refractivity contribution in [2.45, 2.75) is 19.9 Å². The largest absolute Gasteiger partial charge is 0.339 e. The molecule has 0 spiro atoms. The van der Waals surface area contributed by atoms with E-state index >= 15 is 0 Å². The molecule has 1 saturated heterocycles. The number of hydrogen-bond acceptors (Lipinski definition) is 4. The second kappa shape index (κ2) is 9.55. The van der Waals surface area contributed by atoms with Gasteiger partial charge >= 0.3 is 0 Å². The molecule has 0 bridgehead atoms. The number of benzene rings is 1. The van der Waals surface area contributed by atoms with Gasteiger partial charge in [-0.15, -0.1) is 0 Å². The zero-order chi connectivity index (χ0) is 19.3. The summed E-state index contributed by atoms with van der Waals surface area (Å²) in [5.74, 6) is -0.146. The van der Waals surface area contributed by atoms with E-state index < -0.39 is 0 Å². The highest BCUT2D eigenvalue weighted by Crippen LogP contribution is 2.24. The molecule has 26 heavy (non-hydrogen) atoms. The predicted octanol–water partition coefficient (Wildman–Crippen LogP) is 2.42. The summed E-state index contributed by atoms with van der Waals surface area (Å²) in [5, 5.41) is 3.59. The van der Waals surface area contributed by atoms with Crippen LogP contribution in [0, 0.1) is 0 Å². The Balaban J connectivity index is 1.85. The maximum Gasteiger partial charge on any atom is 0.239 e. The number of amides is 2. The minimum Gasteiger partial charge on any atom is -0.339 e. The van der Waals surface area contributed by atoms with Crippen LogP contribution in [0.25, 0.3) is 0 Å². The Kier molecular flexibility index (Phi) is 7.70. The van der Waals surface area contributed by atoms with Crippen LogP contribution in [0.5, 0.6) is 0 Å². The Morgan fingerprint density at radius 1 is 1.19 bits per heavy atom. The fourth-order valence-corrected chi connectivity index (χ4v) is 3.17. The van der Waals surface area contributed by atoms with Crippen molar-refractivity contribution >= 4 is 40.7 Å². The lowest BCUT2D eigenvalue weighted by atomic mass is 10.2. The summed E-state index contributed by atoms with van der Waals surface area (Å²) in [4.78, 5) is 30.9. The topological polar surface area (TPSA) is 55.9 Å². The Morgan fingerprint density at radius 2 is 1.85 bits per heavy atom. The summed E-state index contributed by atoms with van der Waals surface area (Å²) < 4.78 is 0. The van der Waals surface area contributed by atoms with Crippen molar-refractivity contribution < 1.29 is 9.59 Å². The summed E-state index contributed by atoms with van der Waals surface area (Å²) in [6, 6.07) is 4.56. The van der Waals surface area contributed by atoms with Gasteiger partial charge in [0.2, 0.25) is 11.8 Å². The number of halogens is 2. The molecule has 1 N–H and O–H groups in total. The molecule has 144 valence electrons. The molecule has 0 saturated carbocycles. The van der Waals surface area contributed by atoms with Crippen molar-refractivity contribution in [1.29, 1.82) is 0 Å². The van der Waals surface area contributed by atoms with Gasteiger partial charge in [-0.25, -0.2) is 0 Å². The van der Waals surface area contributed by atoms with E-state index in [0.717, 1.165) is 32.7 Å². The maximum absolute atomic E-state index is 12.7. The molecule has 1 aliphatic rings. The molecule has 1 aliphatic heterocycles. The Morgan fingerprint density at radius 3 is 2.42 bits per heavy atom. The van der Waals surface area contributed by atoms with Gasteiger partial charge in [-0.2, -0.15) is 0 Å². The number of anilines is 1. The van der Waals surface area contributed by atoms with Crippen molar-refractivity contribution in [3.05, 3.63) is 28.2 Å². The van der Waals surface area contributed by atoms with Crippen LogP contribution < -0.4 is 5.32 Å². The van der Waals surface area contributed by atoms with Crippen LogP contribution in [-0.4, -0.2) is 78.9 Å². The van der Waals surface area contributed by atoms with Gasteiger partial charge in [0, 0.05) is 31.9 Å². The summed E-state index contributed by atoms with van der Waals surface area (Å²) in [6.45, 7) is 8.35. The van der Waals surface area contributed by atoms with Gasteiger partial charge < -0.3 is 15.1 Å². The second-order valence-corrected chi connectivity index (χ2v) is 7.34. The molecule has 8 heteroatoms. The van der Waals surface area contributed by atoms with E-state index in [1.807, 2.05) is 11.8 Å². The van der Waals surface area contributed by atoms with Crippen LogP contribution in [0.1, 0.15) is 13.8 Å². The lowest BCUT2D eigenvalue weighted by Crippen LogP contribution is -2.54. The first-order chi connectivity index (χ1) is 12.3. The van der Waals surface area contributed by atoms with Gasteiger partial charge in [0.05, 0.1) is 22.6 Å². The highest BCUT2D eigenvalue weighted by atomic mass is 35.5. The van der Waals surface area contributed by atoms with E-state index in [0.29, 0.717) is 15.7 Å². The van der Waals surface area contributed by atoms with Crippen LogP contribution in [0.2, 0.25) is 10.0 Å². The van der Waals surface area contributed by atoms with Crippen LogP contribution in [-0.2, 0) is 9.59 Å². The molecule has 1 aromatic carbocycles. The fraction of sp³-hybridized carbons (Fsp3) is 0.556. The van der Waals surface area contributed by atoms with Crippen molar-refractivity contribution in [3.63, 3.8) is 0 Å². The molecule has 1 atom stereocenters. The minimum atomic E-state index is -0.359. The van der Waals surface area contributed by atoms with Crippen molar-refractivity contribution in [2.75, 3.05) is 51.6 Å². The molecule has 0 aliphatic carbocycles. The summed E-state index contributed by atoms with van der Waals surface area (Å²) in [7, 11) is 1.78. The lowest BCUT2D eigenvalue weighted by Gasteiger charge is -2.36. The van der Waals surface area contributed by atoms with Gasteiger partial charge in [0.15, 0.2) is 0 Å². The third-order valence-corrected chi connectivity index (χ3v) is 5.49. The number of carbonyl (C=O) groups is 2. The SMILES string of the molecule is CCN1CCN(C(=O)[C@@H](C)N(C)CC(=O)Nc2ccc(Cl)c(Cl)c2)CC1. The second-order valence-electron chi connectivity index (χ2n) is 6.53. The molecule has 1 heterocycles. The molecule has 1 aromatic rings. The summed E-state index contributed by atoms with van der Waals surface area (Å²) in [6.07, 6.45) is 0. The zero-order valence-corrected chi connectivity index (χ0v) is 17.0. The van der Waals surface area contributed by atoms with E-state index in [-0.39, 0.29) is 24.4 Å². The van der Waals surface area contributed by atoms with Crippen LogP contribution in [0.4, 0.5) is 5.69 Å². The minimum absolute atomic E-state index is 0.0607. The number of hydrogen-bond donors (Lipinski definition) is 1. The Labute approximate surface area is 165 Å². The number of carbonyl (C=O) groups excluding carboxylic acids is 2. The van der Waals surface area contributed by atoms with Crippen molar-refractivity contribution in [3.8, 4) is 0 Å². The average molecular weight is 401 g/mol. The molecular weight excluding hydrogens is 375 g/mol. The Bertz CT molecular complexity index is 648. The van der Waals surface area contributed by atoms with E-state index in [2.05, 4.69) is 17.1 Å². The predicted molar refractivity (Wildman–Crippen MR) is 106 cm³/mol. The first-order valence-corrected chi connectivity index (χ1v) is 9.53. The number of piperazine rings is 1. The highest BCUT2D eigenvalue weighted by Gasteiger charge is 2.27. The number of nitrogens with one attached hydrogen (secondary N) is 1. The molecular formula is C18H26Cl2N4O2. The standard InChI is InChI=1S/C18H26Cl2N4O2/c1-4-23-7-9-24(10-8-23)18(26)13(2)22(3)12-17(25)21-14-5-6-15(19)16(20)11-14/h5-6,11,13H,4,7-10,12H2,1-3H3,(H,21,25)/t13-/m1/s1. The normalized spacial score (nSPS) is 16.6. The molecule has 2 amide bonds. The highest BCUT2D eigenvalue weighted by molar-refractivity contribution is 6.42. The number of rotatable bonds is 6. The average Bonchev–Trinajstić information content (AvgIpc) is 2.63. The maximum atomic E-state index is 12.7. The molecule has 0 aromatic heterocycles. The number of nitrogens with zero attached hydrogens (tertiary/aromatic N) is 3. The first kappa shape index (κ1) is 21.0. The van der Waals surface area contributed by atoms with E-state index in [1.54, 1.807) is 30.1 Å². The first-order valence-electron chi connectivity index (χ1n) is 8.78. The van der Waals surface area contributed by atoms with Crippen LogP contribution in [0.15, 0.2) is 18.2 Å². The summed E-state index contributed by atoms with van der Waals surface area (Å²) >= 11 is 11.8. The lowest BCUT2D eigenvalue weighted by molar-refractivity contribution is -0.138. The van der Waals surface area contributed by atoms with Crippen molar-refractivity contribution in [1.82, 2.24) is 14.7 Å². The third-order valence-electron chi connectivity index (χ3n) is 4.75. The fourth-order valence-electron chi connectivity index (χ4n) is 2.88. The van der Waals surface area contributed by atoms with Gasteiger partial charge in [-0.05, 0) is 38.7 Å². The summed E-state index contributed by atoms with van der Waals surface area (Å²) in [5.41, 5.74) is 0.576. The monoisotopic (exact) mass is 400 g/mol. The molecule has 1 fully saturated rings. The molecule has 2 rings (SSSR count). The van der Waals surface area contributed by atoms with Gasteiger partial charge in [0.25, 0.3) is 0 Å². The molecule has 6 nitrogen and oxygen atoms in total.